The molecule has 0 saturated heterocycles. The highest BCUT2D eigenvalue weighted by atomic mass is 19.4. The lowest BCUT2D eigenvalue weighted by molar-refractivity contribution is -0.141. The molecular weight excluding hydrogens is 371 g/mol. The van der Waals surface area contributed by atoms with Gasteiger partial charge in [-0.2, -0.15) is 13.2 Å². The number of rotatable bonds is 8. The van der Waals surface area contributed by atoms with Crippen LogP contribution in [-0.2, 0) is 12.6 Å². The van der Waals surface area contributed by atoms with E-state index in [-0.39, 0.29) is 0 Å². The van der Waals surface area contributed by atoms with Crippen molar-refractivity contribution in [2.24, 2.45) is 11.8 Å². The molecule has 158 valence electrons. The molecule has 1 aromatic heterocycles. The molecule has 1 aliphatic rings. The molecule has 1 aromatic carbocycles. The number of halogens is 3. The first-order chi connectivity index (χ1) is 14.0. The van der Waals surface area contributed by atoms with E-state index >= 15 is 0 Å². The molecule has 1 fully saturated rings. The summed E-state index contributed by atoms with van der Waals surface area (Å²) in [6.45, 7) is 2.27. The number of unbranched alkanes of at least 4 members (excludes halogenated alkanes) is 2. The number of hydrogen-bond acceptors (Lipinski definition) is 1. The Morgan fingerprint density at radius 2 is 1.45 bits per heavy atom. The molecular formula is C25H32F3N. The van der Waals surface area contributed by atoms with E-state index in [9.17, 15) is 13.2 Å². The molecule has 0 radical (unpaired) electrons. The van der Waals surface area contributed by atoms with Crippen molar-refractivity contribution in [1.82, 2.24) is 4.98 Å². The van der Waals surface area contributed by atoms with Crippen LogP contribution in [0.3, 0.4) is 0 Å². The Bertz CT molecular complexity index is 726. The monoisotopic (exact) mass is 403 g/mol. The normalized spacial score (nSPS) is 20.0. The number of nitrogens with zero attached hydrogens (tertiary/aromatic N) is 1. The second-order valence-corrected chi connectivity index (χ2v) is 8.55. The lowest BCUT2D eigenvalue weighted by Gasteiger charge is -2.28. The average Bonchev–Trinajstić information content (AvgIpc) is 2.73. The molecule has 0 atom stereocenters. The third kappa shape index (κ3) is 6.58. The van der Waals surface area contributed by atoms with Gasteiger partial charge in [0, 0.05) is 11.8 Å². The summed E-state index contributed by atoms with van der Waals surface area (Å²) in [5.74, 6) is 1.80. The van der Waals surface area contributed by atoms with Crippen molar-refractivity contribution < 1.29 is 13.2 Å². The van der Waals surface area contributed by atoms with Crippen molar-refractivity contribution in [2.75, 3.05) is 0 Å². The minimum Gasteiger partial charge on any atom is -0.251 e. The van der Waals surface area contributed by atoms with Gasteiger partial charge in [0.05, 0.1) is 0 Å². The van der Waals surface area contributed by atoms with Crippen LogP contribution < -0.4 is 0 Å². The lowest BCUT2D eigenvalue weighted by Crippen LogP contribution is -2.15. The van der Waals surface area contributed by atoms with Gasteiger partial charge in [-0.3, -0.25) is 4.98 Å². The van der Waals surface area contributed by atoms with Crippen molar-refractivity contribution >= 4 is 0 Å². The van der Waals surface area contributed by atoms with Crippen LogP contribution in [0.15, 0.2) is 42.6 Å². The predicted molar refractivity (Wildman–Crippen MR) is 113 cm³/mol. The molecule has 4 heteroatoms. The molecule has 1 aliphatic carbocycles. The van der Waals surface area contributed by atoms with Gasteiger partial charge < -0.3 is 0 Å². The van der Waals surface area contributed by atoms with Gasteiger partial charge in [-0.15, -0.1) is 0 Å². The number of alkyl halides is 3. The highest BCUT2D eigenvalue weighted by Gasteiger charge is 2.32. The Morgan fingerprint density at radius 3 is 2.00 bits per heavy atom. The minimum absolute atomic E-state index is 0.714. The van der Waals surface area contributed by atoms with Gasteiger partial charge in [0.2, 0.25) is 0 Å². The Morgan fingerprint density at radius 1 is 0.828 bits per heavy atom. The predicted octanol–water partition coefficient (Wildman–Crippen LogP) is 8.09. The van der Waals surface area contributed by atoms with Crippen LogP contribution >= 0.6 is 0 Å². The van der Waals surface area contributed by atoms with Gasteiger partial charge in [0.25, 0.3) is 0 Å². The molecule has 0 N–H and O–H groups in total. The van der Waals surface area contributed by atoms with Crippen molar-refractivity contribution in [3.8, 4) is 11.1 Å². The van der Waals surface area contributed by atoms with Crippen molar-refractivity contribution in [3.05, 3.63) is 53.9 Å². The summed E-state index contributed by atoms with van der Waals surface area (Å²) in [6.07, 6.45) is 10.3. The number of benzene rings is 1. The third-order valence-corrected chi connectivity index (χ3v) is 6.36. The average molecular weight is 404 g/mol. The fraction of sp³-hybridized carbons (Fsp3) is 0.560. The first-order valence-corrected chi connectivity index (χ1v) is 11.1. The Balaban J connectivity index is 1.45. The maximum atomic E-state index is 12.6. The zero-order valence-corrected chi connectivity index (χ0v) is 17.3. The number of hydrogen-bond donors (Lipinski definition) is 0. The molecule has 0 aliphatic heterocycles. The summed E-state index contributed by atoms with van der Waals surface area (Å²) in [5, 5.41) is 0. The standard InChI is InChI=1S/C25H32F3N/c1-2-3-4-5-19-6-8-20(9-7-19)10-11-21-12-14-22(15-13-21)23-16-17-24(29-18-23)25(26,27)28/h12-20H,2-11H2,1H3. The summed E-state index contributed by atoms with van der Waals surface area (Å²) < 4.78 is 37.9. The number of aromatic nitrogens is 1. The maximum absolute atomic E-state index is 12.6. The zero-order valence-electron chi connectivity index (χ0n) is 17.3. The van der Waals surface area contributed by atoms with E-state index in [1.807, 2.05) is 12.1 Å². The Labute approximate surface area is 172 Å². The summed E-state index contributed by atoms with van der Waals surface area (Å²) in [5.41, 5.74) is 2.07. The maximum Gasteiger partial charge on any atom is 0.433 e. The zero-order chi connectivity index (χ0) is 20.7. The molecule has 0 amide bonds. The SMILES string of the molecule is CCCCCC1CCC(CCc2ccc(-c3ccc(C(F)(F)F)nc3)cc2)CC1. The van der Waals surface area contributed by atoms with E-state index in [0.29, 0.717) is 5.56 Å². The van der Waals surface area contributed by atoms with Crippen molar-refractivity contribution in [3.63, 3.8) is 0 Å². The van der Waals surface area contributed by atoms with Gasteiger partial charge in [-0.05, 0) is 41.9 Å². The number of aryl methyl sites for hydroxylation is 1. The van der Waals surface area contributed by atoms with Crippen LogP contribution in [0.5, 0.6) is 0 Å². The van der Waals surface area contributed by atoms with Crippen LogP contribution in [0.2, 0.25) is 0 Å². The Hall–Kier alpha value is -1.84. The summed E-state index contributed by atoms with van der Waals surface area (Å²) in [4.78, 5) is 3.55. The van der Waals surface area contributed by atoms with Crippen LogP contribution in [0, 0.1) is 11.8 Å². The summed E-state index contributed by atoms with van der Waals surface area (Å²) in [7, 11) is 0. The van der Waals surface area contributed by atoms with Crippen LogP contribution in [0.1, 0.15) is 76.0 Å². The van der Waals surface area contributed by atoms with Crippen molar-refractivity contribution in [2.45, 2.75) is 77.3 Å². The van der Waals surface area contributed by atoms with Gasteiger partial charge in [0.1, 0.15) is 5.69 Å². The Kier molecular flexibility index (Phi) is 7.74. The molecule has 3 rings (SSSR count). The van der Waals surface area contributed by atoms with E-state index in [1.54, 1.807) is 0 Å². The molecule has 0 unspecified atom stereocenters. The van der Waals surface area contributed by atoms with E-state index in [4.69, 9.17) is 0 Å². The van der Waals surface area contributed by atoms with Gasteiger partial charge in [-0.1, -0.05) is 88.6 Å². The smallest absolute Gasteiger partial charge is 0.251 e. The largest absolute Gasteiger partial charge is 0.433 e. The van der Waals surface area contributed by atoms with E-state index in [1.165, 1.54) is 75.6 Å². The van der Waals surface area contributed by atoms with E-state index in [0.717, 1.165) is 29.9 Å². The quantitative estimate of drug-likeness (QED) is 0.406. The fourth-order valence-corrected chi connectivity index (χ4v) is 4.46. The highest BCUT2D eigenvalue weighted by Crippen LogP contribution is 2.34. The van der Waals surface area contributed by atoms with Crippen LogP contribution in [-0.4, -0.2) is 4.98 Å². The molecule has 1 heterocycles. The van der Waals surface area contributed by atoms with E-state index in [2.05, 4.69) is 24.0 Å². The third-order valence-electron chi connectivity index (χ3n) is 6.36. The van der Waals surface area contributed by atoms with Gasteiger partial charge in [0.15, 0.2) is 0 Å². The van der Waals surface area contributed by atoms with Crippen molar-refractivity contribution in [1.29, 1.82) is 0 Å². The highest BCUT2D eigenvalue weighted by molar-refractivity contribution is 5.62. The summed E-state index contributed by atoms with van der Waals surface area (Å²) in [6, 6.07) is 10.7. The molecule has 29 heavy (non-hydrogen) atoms. The first kappa shape index (κ1) is 21.9. The van der Waals surface area contributed by atoms with E-state index < -0.39 is 11.9 Å². The second kappa shape index (κ2) is 10.3. The van der Waals surface area contributed by atoms with Gasteiger partial charge in [-0.25, -0.2) is 0 Å². The number of pyridine rings is 1. The first-order valence-electron chi connectivity index (χ1n) is 11.1. The topological polar surface area (TPSA) is 12.9 Å². The van der Waals surface area contributed by atoms with Crippen LogP contribution in [0.25, 0.3) is 11.1 Å². The summed E-state index contributed by atoms with van der Waals surface area (Å²) >= 11 is 0. The van der Waals surface area contributed by atoms with Crippen LogP contribution in [0.4, 0.5) is 13.2 Å². The molecule has 0 bridgehead atoms. The molecule has 2 aromatic rings. The molecule has 1 saturated carbocycles. The molecule has 1 nitrogen and oxygen atoms in total. The van der Waals surface area contributed by atoms with Gasteiger partial charge >= 0.3 is 6.18 Å². The fourth-order valence-electron chi connectivity index (χ4n) is 4.46. The lowest BCUT2D eigenvalue weighted by atomic mass is 9.78. The minimum atomic E-state index is -4.39. The second-order valence-electron chi connectivity index (χ2n) is 8.55. The molecule has 0 spiro atoms.